The molecule has 5 heavy (non-hydrogen) atoms. The predicted octanol–water partition coefficient (Wildman–Crippen LogP) is 1.03. The van der Waals surface area contributed by atoms with E-state index in [1.165, 1.54) is 0 Å². The van der Waals surface area contributed by atoms with E-state index in [0.29, 0.717) is 0 Å². The van der Waals surface area contributed by atoms with Gasteiger partial charge in [0, 0.05) is 0 Å². The summed E-state index contributed by atoms with van der Waals surface area (Å²) in [6.07, 6.45) is 0. The molecular formula is C4H11Al. The van der Waals surface area contributed by atoms with E-state index in [2.05, 4.69) is 13.8 Å². The van der Waals surface area contributed by atoms with Crippen molar-refractivity contribution in [2.24, 2.45) is 0 Å². The summed E-state index contributed by atoms with van der Waals surface area (Å²) in [6.45, 7) is 10.0. The molecular weight excluding hydrogens is 75.0 g/mol. The summed E-state index contributed by atoms with van der Waals surface area (Å²) in [4.78, 5) is 0. The third-order valence-electron chi connectivity index (χ3n) is 0. The normalized spacial score (nSPS) is 2.40. The quantitative estimate of drug-likeness (QED) is 0.305. The van der Waals surface area contributed by atoms with E-state index in [4.69, 9.17) is 0 Å². The molecule has 0 spiro atoms. The first kappa shape index (κ1) is 17.7. The van der Waals surface area contributed by atoms with Gasteiger partial charge in [-0.15, -0.1) is 0 Å². The van der Waals surface area contributed by atoms with Crippen LogP contribution in [-0.4, -0.2) is 17.4 Å². The summed E-state index contributed by atoms with van der Waals surface area (Å²) >= 11 is 0. The van der Waals surface area contributed by atoms with Gasteiger partial charge in [0.05, 0.1) is 0 Å². The van der Waals surface area contributed by atoms with Gasteiger partial charge in [-0.1, -0.05) is 0 Å². The van der Waals surface area contributed by atoms with Gasteiger partial charge in [-0.05, 0) is 0 Å². The molecule has 0 bridgehead atoms. The third kappa shape index (κ3) is 103. The molecule has 0 saturated carbocycles. The minimum absolute atomic E-state index is 0. The Morgan fingerprint density at radius 1 is 0.800 bits per heavy atom. The van der Waals surface area contributed by atoms with Gasteiger partial charge in [-0.25, -0.2) is 0 Å². The first-order valence-electron chi connectivity index (χ1n) is 1.41. The van der Waals surface area contributed by atoms with E-state index in [1.807, 2.05) is 0 Å². The summed E-state index contributed by atoms with van der Waals surface area (Å²) in [5.74, 6) is 0. The second kappa shape index (κ2) is 199. The minimum atomic E-state index is 0. The molecule has 0 N–H and O–H groups in total. The first-order chi connectivity index (χ1) is 2.00. The topological polar surface area (TPSA) is 0 Å². The Labute approximate surface area is 45.7 Å². The fraction of sp³-hybridized carbons (Fsp3) is 0.500. The second-order valence-corrected chi connectivity index (χ2v) is 0. The van der Waals surface area contributed by atoms with Crippen molar-refractivity contribution in [3.8, 4) is 0 Å². The van der Waals surface area contributed by atoms with E-state index >= 15 is 0 Å². The zero-order valence-electron chi connectivity index (χ0n) is 4.12. The Balaban J connectivity index is -0.0000000133. The predicted molar refractivity (Wildman–Crippen MR) is 29.2 cm³/mol. The van der Waals surface area contributed by atoms with Crippen molar-refractivity contribution < 1.29 is 0 Å². The number of hydrogen-bond donors (Lipinski definition) is 0. The smallest absolute Gasteiger partial charge is 0.194 e. The summed E-state index contributed by atoms with van der Waals surface area (Å²) in [6, 6.07) is 0. The Hall–Kier alpha value is 0.532. The molecule has 0 fully saturated rings. The van der Waals surface area contributed by atoms with Crippen LogP contribution in [0.5, 0.6) is 0 Å². The molecule has 0 amide bonds. The monoisotopic (exact) mass is 86.1 g/mol. The second-order valence-electron chi connectivity index (χ2n) is 0. The maximum atomic E-state index is 3.25. The van der Waals surface area contributed by atoms with Crippen LogP contribution < -0.4 is 0 Å². The van der Waals surface area contributed by atoms with Gasteiger partial charge in [0.25, 0.3) is 0 Å². The average Bonchev–Trinajstić information content (AvgIpc) is 1.50. The molecule has 0 rings (SSSR count). The average molecular weight is 86.1 g/mol. The van der Waals surface area contributed by atoms with Gasteiger partial charge in [0.1, 0.15) is 0 Å². The van der Waals surface area contributed by atoms with Crippen LogP contribution in [0.15, 0.2) is 0 Å². The Morgan fingerprint density at radius 3 is 0.800 bits per heavy atom. The molecule has 0 saturated heterocycles. The van der Waals surface area contributed by atoms with Gasteiger partial charge in [-0.3, -0.25) is 0 Å². The molecule has 0 aromatic rings. The van der Waals surface area contributed by atoms with Crippen molar-refractivity contribution in [2.45, 2.75) is 13.8 Å². The molecule has 0 aliphatic rings. The van der Waals surface area contributed by atoms with Gasteiger partial charge < -0.3 is 13.8 Å². The van der Waals surface area contributed by atoms with Crippen LogP contribution in [0, 0.1) is 13.8 Å². The molecule has 0 heterocycles. The Kier molecular flexibility index (Phi) is 707. The van der Waals surface area contributed by atoms with E-state index in [9.17, 15) is 0 Å². The minimum Gasteiger partial charge on any atom is -0.346 e. The SMILES string of the molecule is [AlH+2].[CH2-]C.[CH2-]C. The van der Waals surface area contributed by atoms with E-state index in [1.54, 1.807) is 13.8 Å². The largest absolute Gasteiger partial charge is 0.346 e. The van der Waals surface area contributed by atoms with Crippen molar-refractivity contribution in [3.63, 3.8) is 0 Å². The third-order valence-corrected chi connectivity index (χ3v) is 0. The first-order valence-corrected chi connectivity index (χ1v) is 1.41. The fourth-order valence-corrected chi connectivity index (χ4v) is 0. The molecule has 0 aliphatic heterocycles. The maximum absolute atomic E-state index is 3.25. The van der Waals surface area contributed by atoms with Crippen LogP contribution in [0.25, 0.3) is 0 Å². The van der Waals surface area contributed by atoms with Crippen LogP contribution in [0.3, 0.4) is 0 Å². The van der Waals surface area contributed by atoms with Gasteiger partial charge in [-0.2, -0.15) is 13.8 Å². The molecule has 0 radical (unpaired) electrons. The molecule has 0 nitrogen and oxygen atoms in total. The molecule has 0 aliphatic carbocycles. The summed E-state index contributed by atoms with van der Waals surface area (Å²) in [5.41, 5.74) is 0. The summed E-state index contributed by atoms with van der Waals surface area (Å²) < 4.78 is 0. The van der Waals surface area contributed by atoms with Crippen molar-refractivity contribution in [1.82, 2.24) is 0 Å². The van der Waals surface area contributed by atoms with Gasteiger partial charge in [0.2, 0.25) is 0 Å². The van der Waals surface area contributed by atoms with E-state index < -0.39 is 0 Å². The fourth-order valence-electron chi connectivity index (χ4n) is 0. The summed E-state index contributed by atoms with van der Waals surface area (Å²) in [7, 11) is 0. The number of hydrogen-bond acceptors (Lipinski definition) is 0. The molecule has 0 unspecified atom stereocenters. The van der Waals surface area contributed by atoms with Crippen molar-refractivity contribution >= 4 is 17.4 Å². The zero-order valence-corrected chi connectivity index (χ0v) is 5.54. The standard InChI is InChI=1S/2C2H5.Al.H/c2*1-2;;/h2*1H2,2H3;;/q2*-1;+2;. The Morgan fingerprint density at radius 2 is 0.800 bits per heavy atom. The Bertz CT molecular complexity index is 3.61. The van der Waals surface area contributed by atoms with Crippen LogP contribution in [0.4, 0.5) is 0 Å². The summed E-state index contributed by atoms with van der Waals surface area (Å²) in [5, 5.41) is 0. The van der Waals surface area contributed by atoms with Crippen LogP contribution >= 0.6 is 0 Å². The van der Waals surface area contributed by atoms with Crippen LogP contribution in [0.2, 0.25) is 0 Å². The van der Waals surface area contributed by atoms with Crippen molar-refractivity contribution in [2.75, 3.05) is 0 Å². The molecule has 1 heteroatoms. The van der Waals surface area contributed by atoms with E-state index in [0.717, 1.165) is 0 Å². The maximum Gasteiger partial charge on any atom is -0.194 e. The molecule has 0 atom stereocenters. The van der Waals surface area contributed by atoms with Crippen molar-refractivity contribution in [1.29, 1.82) is 0 Å². The van der Waals surface area contributed by atoms with Crippen LogP contribution in [-0.2, 0) is 0 Å². The zero-order chi connectivity index (χ0) is 4.00. The van der Waals surface area contributed by atoms with Crippen LogP contribution in [0.1, 0.15) is 13.8 Å². The van der Waals surface area contributed by atoms with Crippen molar-refractivity contribution in [3.05, 3.63) is 13.8 Å². The number of rotatable bonds is 0. The van der Waals surface area contributed by atoms with Gasteiger partial charge in [0.15, 0.2) is 0 Å². The molecule has 30 valence electrons. The van der Waals surface area contributed by atoms with E-state index in [-0.39, 0.29) is 17.4 Å². The molecule has 0 aromatic carbocycles. The molecule has 0 aromatic heterocycles. The van der Waals surface area contributed by atoms with Gasteiger partial charge >= 0.3 is 17.4 Å².